The number of carbonyl (C=O) groups excluding carboxylic acids is 2. The van der Waals surface area contributed by atoms with Gasteiger partial charge in [-0.1, -0.05) is 6.07 Å². The smallest absolute Gasteiger partial charge is 0.272 e. The monoisotopic (exact) mass is 262 g/mol. The van der Waals surface area contributed by atoms with Gasteiger partial charge in [0.05, 0.1) is 6.54 Å². The predicted octanol–water partition coefficient (Wildman–Crippen LogP) is -0.415. The molecule has 1 aromatic heterocycles. The molecule has 102 valence electrons. The van der Waals surface area contributed by atoms with E-state index in [0.717, 1.165) is 0 Å². The van der Waals surface area contributed by atoms with Gasteiger partial charge >= 0.3 is 0 Å². The van der Waals surface area contributed by atoms with E-state index in [1.54, 1.807) is 30.3 Å². The third-order valence-corrected chi connectivity index (χ3v) is 3.19. The molecule has 6 nitrogen and oxygen atoms in total. The Morgan fingerprint density at radius 2 is 2.00 bits per heavy atom. The predicted molar refractivity (Wildman–Crippen MR) is 70.6 cm³/mol. The number of carbonyl (C=O) groups is 2. The fourth-order valence-electron chi connectivity index (χ4n) is 2.04. The molecule has 0 spiro atoms. The van der Waals surface area contributed by atoms with Crippen molar-refractivity contribution in [3.8, 4) is 0 Å². The van der Waals surface area contributed by atoms with E-state index in [4.69, 9.17) is 0 Å². The van der Waals surface area contributed by atoms with Crippen molar-refractivity contribution in [2.45, 2.75) is 0 Å². The van der Waals surface area contributed by atoms with Gasteiger partial charge in [0.15, 0.2) is 0 Å². The first-order valence-corrected chi connectivity index (χ1v) is 6.34. The summed E-state index contributed by atoms with van der Waals surface area (Å²) in [7, 11) is 1.63. The van der Waals surface area contributed by atoms with Crippen molar-refractivity contribution in [1.82, 2.24) is 20.1 Å². The SMILES string of the molecule is CNC(=O)CN1CCN(C(=O)c2ccccn2)CC1. The summed E-state index contributed by atoms with van der Waals surface area (Å²) >= 11 is 0. The van der Waals surface area contributed by atoms with Crippen molar-refractivity contribution in [1.29, 1.82) is 0 Å². The van der Waals surface area contributed by atoms with Crippen molar-refractivity contribution in [2.24, 2.45) is 0 Å². The second kappa shape index (κ2) is 6.29. The van der Waals surface area contributed by atoms with E-state index in [1.807, 2.05) is 11.0 Å². The second-order valence-corrected chi connectivity index (χ2v) is 4.46. The van der Waals surface area contributed by atoms with Gasteiger partial charge in [-0.25, -0.2) is 0 Å². The second-order valence-electron chi connectivity index (χ2n) is 4.46. The summed E-state index contributed by atoms with van der Waals surface area (Å²) in [5, 5.41) is 2.60. The van der Waals surface area contributed by atoms with E-state index in [9.17, 15) is 9.59 Å². The lowest BCUT2D eigenvalue weighted by molar-refractivity contribution is -0.122. The van der Waals surface area contributed by atoms with E-state index in [-0.39, 0.29) is 11.8 Å². The van der Waals surface area contributed by atoms with Crippen LogP contribution in [0.2, 0.25) is 0 Å². The Morgan fingerprint density at radius 3 is 2.58 bits per heavy atom. The normalized spacial score (nSPS) is 16.2. The maximum Gasteiger partial charge on any atom is 0.272 e. The van der Waals surface area contributed by atoms with Crippen LogP contribution < -0.4 is 5.32 Å². The van der Waals surface area contributed by atoms with Crippen molar-refractivity contribution in [2.75, 3.05) is 39.8 Å². The van der Waals surface area contributed by atoms with Crippen molar-refractivity contribution >= 4 is 11.8 Å². The van der Waals surface area contributed by atoms with Gasteiger partial charge in [-0.2, -0.15) is 0 Å². The zero-order chi connectivity index (χ0) is 13.7. The largest absolute Gasteiger partial charge is 0.358 e. The first kappa shape index (κ1) is 13.5. The Morgan fingerprint density at radius 1 is 1.26 bits per heavy atom. The molecule has 1 aliphatic rings. The quantitative estimate of drug-likeness (QED) is 0.804. The average molecular weight is 262 g/mol. The molecule has 0 bridgehead atoms. The van der Waals surface area contributed by atoms with Crippen LogP contribution >= 0.6 is 0 Å². The molecule has 0 radical (unpaired) electrons. The number of hydrogen-bond donors (Lipinski definition) is 1. The molecule has 1 N–H and O–H groups in total. The van der Waals surface area contributed by atoms with E-state index < -0.39 is 0 Å². The summed E-state index contributed by atoms with van der Waals surface area (Å²) in [6.07, 6.45) is 1.62. The van der Waals surface area contributed by atoms with Crippen LogP contribution in [0.5, 0.6) is 0 Å². The number of hydrogen-bond acceptors (Lipinski definition) is 4. The molecule has 1 saturated heterocycles. The fraction of sp³-hybridized carbons (Fsp3) is 0.462. The van der Waals surface area contributed by atoms with Crippen molar-refractivity contribution in [3.05, 3.63) is 30.1 Å². The highest BCUT2D eigenvalue weighted by atomic mass is 16.2. The van der Waals surface area contributed by atoms with Crippen molar-refractivity contribution < 1.29 is 9.59 Å². The summed E-state index contributed by atoms with van der Waals surface area (Å²) in [6.45, 7) is 3.08. The maximum atomic E-state index is 12.2. The number of likely N-dealkylation sites (N-methyl/N-ethyl adjacent to an activating group) is 1. The number of aromatic nitrogens is 1. The molecular formula is C13H18N4O2. The molecule has 1 aromatic rings. The zero-order valence-corrected chi connectivity index (χ0v) is 11.0. The lowest BCUT2D eigenvalue weighted by atomic mass is 10.2. The van der Waals surface area contributed by atoms with E-state index in [1.165, 1.54) is 0 Å². The first-order valence-electron chi connectivity index (χ1n) is 6.34. The van der Waals surface area contributed by atoms with Crippen molar-refractivity contribution in [3.63, 3.8) is 0 Å². The number of amides is 2. The topological polar surface area (TPSA) is 65.5 Å². The van der Waals surface area contributed by atoms with Crippen LogP contribution in [-0.4, -0.2) is 66.4 Å². The molecule has 1 aliphatic heterocycles. The fourth-order valence-corrected chi connectivity index (χ4v) is 2.04. The number of nitrogens with one attached hydrogen (secondary N) is 1. The van der Waals surface area contributed by atoms with Crippen LogP contribution in [0.4, 0.5) is 0 Å². The van der Waals surface area contributed by atoms with Crippen LogP contribution in [0.1, 0.15) is 10.5 Å². The Labute approximate surface area is 112 Å². The lowest BCUT2D eigenvalue weighted by Gasteiger charge is -2.34. The molecular weight excluding hydrogens is 244 g/mol. The molecule has 2 heterocycles. The van der Waals surface area contributed by atoms with E-state index in [0.29, 0.717) is 38.4 Å². The molecule has 2 amide bonds. The third kappa shape index (κ3) is 3.51. The molecule has 0 saturated carbocycles. The van der Waals surface area contributed by atoms with Gasteiger partial charge in [0.2, 0.25) is 5.91 Å². The summed E-state index contributed by atoms with van der Waals surface area (Å²) in [6, 6.07) is 5.32. The summed E-state index contributed by atoms with van der Waals surface area (Å²) < 4.78 is 0. The van der Waals surface area contributed by atoms with Gasteiger partial charge in [0.1, 0.15) is 5.69 Å². The summed E-state index contributed by atoms with van der Waals surface area (Å²) in [5.41, 5.74) is 0.474. The third-order valence-electron chi connectivity index (χ3n) is 3.19. The Balaban J connectivity index is 1.86. The van der Waals surface area contributed by atoms with Crippen LogP contribution in [0.25, 0.3) is 0 Å². The van der Waals surface area contributed by atoms with Gasteiger partial charge in [-0.05, 0) is 12.1 Å². The maximum absolute atomic E-state index is 12.2. The molecule has 0 unspecified atom stereocenters. The highest BCUT2D eigenvalue weighted by Crippen LogP contribution is 2.06. The molecule has 0 atom stereocenters. The Kier molecular flexibility index (Phi) is 4.46. The molecule has 2 rings (SSSR count). The number of rotatable bonds is 3. The molecule has 0 aliphatic carbocycles. The molecule has 0 aromatic carbocycles. The van der Waals surface area contributed by atoms with Gasteiger partial charge in [-0.15, -0.1) is 0 Å². The number of pyridine rings is 1. The zero-order valence-electron chi connectivity index (χ0n) is 11.0. The summed E-state index contributed by atoms with van der Waals surface area (Å²) in [4.78, 5) is 31.3. The summed E-state index contributed by atoms with van der Waals surface area (Å²) in [5.74, 6) is -0.0373. The van der Waals surface area contributed by atoms with Gasteiger partial charge in [0, 0.05) is 39.4 Å². The standard InChI is InChI=1S/C13H18N4O2/c1-14-12(18)10-16-6-8-17(9-7-16)13(19)11-4-2-3-5-15-11/h2-5H,6-10H2,1H3,(H,14,18). The lowest BCUT2D eigenvalue weighted by Crippen LogP contribution is -2.51. The first-order chi connectivity index (χ1) is 9.20. The van der Waals surface area contributed by atoms with Gasteiger partial charge in [-0.3, -0.25) is 19.5 Å². The van der Waals surface area contributed by atoms with Gasteiger partial charge in [0.25, 0.3) is 5.91 Å². The Hall–Kier alpha value is -1.95. The van der Waals surface area contributed by atoms with Gasteiger partial charge < -0.3 is 10.2 Å². The molecule has 19 heavy (non-hydrogen) atoms. The Bertz CT molecular complexity index is 441. The minimum atomic E-state index is -0.0415. The molecule has 1 fully saturated rings. The average Bonchev–Trinajstić information content (AvgIpc) is 2.48. The van der Waals surface area contributed by atoms with E-state index >= 15 is 0 Å². The number of piperazine rings is 1. The minimum absolute atomic E-state index is 0.00417. The van der Waals surface area contributed by atoms with Crippen LogP contribution in [-0.2, 0) is 4.79 Å². The van der Waals surface area contributed by atoms with Crippen LogP contribution in [0, 0.1) is 0 Å². The van der Waals surface area contributed by atoms with Crippen LogP contribution in [0.3, 0.4) is 0 Å². The highest BCUT2D eigenvalue weighted by molar-refractivity contribution is 5.92. The highest BCUT2D eigenvalue weighted by Gasteiger charge is 2.23. The minimum Gasteiger partial charge on any atom is -0.358 e. The molecule has 6 heteroatoms. The van der Waals surface area contributed by atoms with E-state index in [2.05, 4.69) is 10.3 Å². The van der Waals surface area contributed by atoms with Crippen LogP contribution in [0.15, 0.2) is 24.4 Å². The number of nitrogens with zero attached hydrogens (tertiary/aromatic N) is 3.